The summed E-state index contributed by atoms with van der Waals surface area (Å²) in [4.78, 5) is 9.51. The van der Waals surface area contributed by atoms with Gasteiger partial charge in [0.25, 0.3) is 5.88 Å². The summed E-state index contributed by atoms with van der Waals surface area (Å²) in [6.45, 7) is 6.35. The topological polar surface area (TPSA) is 56.3 Å². The predicted molar refractivity (Wildman–Crippen MR) is 103 cm³/mol. The molecule has 0 aliphatic rings. The second kappa shape index (κ2) is 8.90. The van der Waals surface area contributed by atoms with Crippen LogP contribution in [0.3, 0.4) is 0 Å². The molecule has 0 unspecified atom stereocenters. The van der Waals surface area contributed by atoms with Crippen molar-refractivity contribution < 1.29 is 9.47 Å². The van der Waals surface area contributed by atoms with E-state index in [-0.39, 0.29) is 0 Å². The van der Waals surface area contributed by atoms with Crippen LogP contribution in [0.15, 0.2) is 18.2 Å². The molecule has 0 bridgehead atoms. The molecule has 0 atom stereocenters. The van der Waals surface area contributed by atoms with E-state index < -0.39 is 0 Å². The normalized spacial score (nSPS) is 10.8. The lowest BCUT2D eigenvalue weighted by Gasteiger charge is -2.19. The first kappa shape index (κ1) is 19.3. The van der Waals surface area contributed by atoms with E-state index in [1.807, 2.05) is 12.1 Å². The lowest BCUT2D eigenvalue weighted by molar-refractivity contribution is 0.396. The van der Waals surface area contributed by atoms with Crippen molar-refractivity contribution in [2.45, 2.75) is 46.1 Å². The van der Waals surface area contributed by atoms with Crippen LogP contribution in [-0.2, 0) is 6.42 Å². The Morgan fingerprint density at radius 2 is 1.80 bits per heavy atom. The van der Waals surface area contributed by atoms with E-state index in [9.17, 15) is 0 Å². The van der Waals surface area contributed by atoms with Gasteiger partial charge in [-0.05, 0) is 37.5 Å². The summed E-state index contributed by atoms with van der Waals surface area (Å²) in [5.41, 5.74) is 2.49. The third-order valence-electron chi connectivity index (χ3n) is 4.21. The molecule has 1 aromatic carbocycles. The van der Waals surface area contributed by atoms with Crippen LogP contribution in [0.1, 0.15) is 39.3 Å². The molecule has 0 radical (unpaired) electrons. The highest BCUT2D eigenvalue weighted by Gasteiger charge is 2.19. The molecule has 2 aromatic rings. The third-order valence-corrected chi connectivity index (χ3v) is 4.44. The Morgan fingerprint density at radius 3 is 2.36 bits per heavy atom. The predicted octanol–water partition coefficient (Wildman–Crippen LogP) is 4.98. The largest absolute Gasteiger partial charge is 0.496 e. The molecule has 25 heavy (non-hydrogen) atoms. The summed E-state index contributed by atoms with van der Waals surface area (Å²) < 4.78 is 11.0. The zero-order chi connectivity index (χ0) is 18.4. The minimum Gasteiger partial charge on any atom is -0.496 e. The van der Waals surface area contributed by atoms with Crippen LogP contribution < -0.4 is 14.8 Å². The van der Waals surface area contributed by atoms with E-state index in [2.05, 4.69) is 26.1 Å². The van der Waals surface area contributed by atoms with Gasteiger partial charge in [-0.25, -0.2) is 9.97 Å². The second-order valence-corrected chi connectivity index (χ2v) is 6.17. The Balaban J connectivity index is 2.56. The van der Waals surface area contributed by atoms with Gasteiger partial charge in [0.15, 0.2) is 5.82 Å². The number of nitrogens with one attached hydrogen (secondary N) is 1. The summed E-state index contributed by atoms with van der Waals surface area (Å²) in [7, 11) is 3.23. The molecule has 1 heterocycles. The number of hydrogen-bond donors (Lipinski definition) is 1. The Bertz CT molecular complexity index is 718. The van der Waals surface area contributed by atoms with Crippen molar-refractivity contribution in [3.05, 3.63) is 28.9 Å². The fraction of sp³-hybridized carbons (Fsp3) is 0.474. The highest BCUT2D eigenvalue weighted by atomic mass is 35.5. The molecule has 0 fully saturated rings. The maximum Gasteiger partial charge on any atom is 0.257 e. The van der Waals surface area contributed by atoms with Gasteiger partial charge in [0.05, 0.1) is 25.6 Å². The number of benzene rings is 1. The summed E-state index contributed by atoms with van der Waals surface area (Å²) in [6.07, 6.45) is 2.76. The van der Waals surface area contributed by atoms with Gasteiger partial charge < -0.3 is 14.8 Å². The number of nitrogens with zero attached hydrogens (tertiary/aromatic N) is 2. The molecule has 0 aliphatic carbocycles. The fourth-order valence-electron chi connectivity index (χ4n) is 2.70. The molecule has 1 N–H and O–H groups in total. The Morgan fingerprint density at radius 1 is 1.08 bits per heavy atom. The third kappa shape index (κ3) is 4.34. The Kier molecular flexibility index (Phi) is 6.88. The van der Waals surface area contributed by atoms with Gasteiger partial charge in [-0.1, -0.05) is 32.4 Å². The van der Waals surface area contributed by atoms with Crippen LogP contribution in [0.5, 0.6) is 11.6 Å². The Labute approximate surface area is 154 Å². The lowest BCUT2D eigenvalue weighted by atomic mass is 10.1. The van der Waals surface area contributed by atoms with Gasteiger partial charge in [0.1, 0.15) is 5.75 Å². The van der Waals surface area contributed by atoms with Gasteiger partial charge in [-0.2, -0.15) is 0 Å². The summed E-state index contributed by atoms with van der Waals surface area (Å²) >= 11 is 6.08. The summed E-state index contributed by atoms with van der Waals surface area (Å²) in [5.74, 6) is 1.83. The molecule has 2 rings (SSSR count). The quantitative estimate of drug-likeness (QED) is 0.717. The van der Waals surface area contributed by atoms with Crippen molar-refractivity contribution in [2.75, 3.05) is 19.5 Å². The van der Waals surface area contributed by atoms with Gasteiger partial charge in [0, 0.05) is 16.6 Å². The minimum absolute atomic E-state index is 0.337. The average Bonchev–Trinajstić information content (AvgIpc) is 2.65. The Hall–Kier alpha value is -2.01. The molecule has 1 aromatic heterocycles. The number of anilines is 1. The number of aromatic nitrogens is 2. The first-order valence-corrected chi connectivity index (χ1v) is 9.00. The maximum absolute atomic E-state index is 6.08. The molecule has 0 saturated carbocycles. The highest BCUT2D eigenvalue weighted by molar-refractivity contribution is 6.30. The van der Waals surface area contributed by atoms with Crippen LogP contribution in [0.4, 0.5) is 5.82 Å². The second-order valence-electron chi connectivity index (χ2n) is 5.73. The van der Waals surface area contributed by atoms with Gasteiger partial charge in [-0.3, -0.25) is 0 Å². The van der Waals surface area contributed by atoms with E-state index in [0.29, 0.717) is 28.5 Å². The number of ether oxygens (including phenoxy) is 2. The van der Waals surface area contributed by atoms with E-state index in [1.165, 1.54) is 0 Å². The molecular weight excluding hydrogens is 338 g/mol. The molecule has 0 spiro atoms. The molecule has 6 heteroatoms. The first-order valence-electron chi connectivity index (χ1n) is 8.63. The molecular formula is C19H26ClN3O2. The van der Waals surface area contributed by atoms with E-state index >= 15 is 0 Å². The maximum atomic E-state index is 6.08. The van der Waals surface area contributed by atoms with Gasteiger partial charge in [0.2, 0.25) is 0 Å². The number of halogens is 1. The number of aryl methyl sites for hydroxylation is 1. The van der Waals surface area contributed by atoms with Gasteiger partial charge >= 0.3 is 0 Å². The van der Waals surface area contributed by atoms with E-state index in [4.69, 9.17) is 31.0 Å². The molecule has 0 saturated heterocycles. The van der Waals surface area contributed by atoms with Crippen molar-refractivity contribution >= 4 is 17.4 Å². The number of hydrogen-bond acceptors (Lipinski definition) is 5. The van der Waals surface area contributed by atoms with Crippen molar-refractivity contribution in [1.29, 1.82) is 0 Å². The SMILES string of the molecule is CCc1nc(NC(CC)CC)c(OC)nc1-c1ccc(Cl)cc1OC. The van der Waals surface area contributed by atoms with Crippen LogP contribution in [0.25, 0.3) is 11.3 Å². The number of methoxy groups -OCH3 is 2. The van der Waals surface area contributed by atoms with E-state index in [0.717, 1.165) is 36.2 Å². The summed E-state index contributed by atoms with van der Waals surface area (Å²) in [6, 6.07) is 5.84. The molecule has 136 valence electrons. The standard InChI is InChI=1S/C19H26ClN3O2/c1-6-13(7-2)21-18-19(25-5)23-17(15(8-3)22-18)14-10-9-12(20)11-16(14)24-4/h9-11,13H,6-8H2,1-5H3,(H,21,22). The fourth-order valence-corrected chi connectivity index (χ4v) is 2.86. The smallest absolute Gasteiger partial charge is 0.257 e. The first-order chi connectivity index (χ1) is 12.1. The van der Waals surface area contributed by atoms with Gasteiger partial charge in [-0.15, -0.1) is 0 Å². The van der Waals surface area contributed by atoms with Crippen LogP contribution in [0.2, 0.25) is 5.02 Å². The van der Waals surface area contributed by atoms with Crippen LogP contribution in [-0.4, -0.2) is 30.2 Å². The zero-order valence-electron chi connectivity index (χ0n) is 15.5. The zero-order valence-corrected chi connectivity index (χ0v) is 16.3. The van der Waals surface area contributed by atoms with Crippen molar-refractivity contribution in [1.82, 2.24) is 9.97 Å². The average molecular weight is 364 g/mol. The summed E-state index contributed by atoms with van der Waals surface area (Å²) in [5, 5.41) is 4.05. The molecule has 0 amide bonds. The van der Waals surface area contributed by atoms with Crippen LogP contribution in [0, 0.1) is 0 Å². The number of rotatable bonds is 8. The lowest BCUT2D eigenvalue weighted by Crippen LogP contribution is -2.19. The molecule has 5 nitrogen and oxygen atoms in total. The van der Waals surface area contributed by atoms with E-state index in [1.54, 1.807) is 20.3 Å². The monoisotopic (exact) mass is 363 g/mol. The minimum atomic E-state index is 0.337. The molecule has 0 aliphatic heterocycles. The highest BCUT2D eigenvalue weighted by Crippen LogP contribution is 2.35. The van der Waals surface area contributed by atoms with Crippen molar-refractivity contribution in [2.24, 2.45) is 0 Å². The van der Waals surface area contributed by atoms with Crippen molar-refractivity contribution in [3.63, 3.8) is 0 Å². The van der Waals surface area contributed by atoms with Crippen molar-refractivity contribution in [3.8, 4) is 22.9 Å². The van der Waals surface area contributed by atoms with Crippen LogP contribution >= 0.6 is 11.6 Å².